The summed E-state index contributed by atoms with van der Waals surface area (Å²) in [5.74, 6) is -0.824. The molecule has 1 heterocycles. The van der Waals surface area contributed by atoms with Gasteiger partial charge in [-0.15, -0.1) is 0 Å². The van der Waals surface area contributed by atoms with Crippen LogP contribution in [0.1, 0.15) is 17.5 Å². The van der Waals surface area contributed by atoms with Crippen LogP contribution in [0.5, 0.6) is 0 Å². The molecule has 154 valence electrons. The van der Waals surface area contributed by atoms with Crippen molar-refractivity contribution in [2.24, 2.45) is 0 Å². The number of benzene rings is 2. The molecule has 1 fully saturated rings. The van der Waals surface area contributed by atoms with Crippen molar-refractivity contribution in [2.75, 3.05) is 0 Å². The predicted molar refractivity (Wildman–Crippen MR) is 108 cm³/mol. The average molecular weight is 406 g/mol. The summed E-state index contributed by atoms with van der Waals surface area (Å²) in [6.45, 7) is 0.159. The number of rotatable bonds is 6. The molecule has 6 heteroatoms. The van der Waals surface area contributed by atoms with Gasteiger partial charge in [0.25, 0.3) is 0 Å². The number of hydrogen-bond donors (Lipinski definition) is 0. The van der Waals surface area contributed by atoms with Gasteiger partial charge in [-0.1, -0.05) is 72.8 Å². The Hall–Kier alpha value is -3.38. The minimum absolute atomic E-state index is 0.0771. The Morgan fingerprint density at radius 2 is 1.40 bits per heavy atom. The second-order valence-corrected chi connectivity index (χ2v) is 7.00. The van der Waals surface area contributed by atoms with E-state index in [-0.39, 0.29) is 13.2 Å². The maximum atomic E-state index is 12.8. The molecule has 30 heavy (non-hydrogen) atoms. The van der Waals surface area contributed by atoms with Crippen LogP contribution in [0, 0.1) is 0 Å². The summed E-state index contributed by atoms with van der Waals surface area (Å²) in [6, 6.07) is 18.6. The second kappa shape index (κ2) is 9.41. The number of allylic oxidation sites excluding steroid dienone is 2. The van der Waals surface area contributed by atoms with E-state index >= 15 is 0 Å². The Morgan fingerprint density at radius 3 is 2.00 bits per heavy atom. The number of carbonyl (C=O) groups excluding carboxylic acids is 2. The minimum Gasteiger partial charge on any atom is -0.477 e. The smallest absolute Gasteiger partial charge is 0.351 e. The van der Waals surface area contributed by atoms with Crippen LogP contribution in [0.3, 0.4) is 0 Å². The van der Waals surface area contributed by atoms with Crippen molar-refractivity contribution in [3.63, 3.8) is 0 Å². The summed E-state index contributed by atoms with van der Waals surface area (Å²) in [4.78, 5) is 25.5. The normalized spacial score (nSPS) is 22.3. The number of esters is 2. The van der Waals surface area contributed by atoms with E-state index in [2.05, 4.69) is 0 Å². The first-order valence-electron chi connectivity index (χ1n) is 9.80. The molecule has 1 aliphatic carbocycles. The lowest BCUT2D eigenvalue weighted by atomic mass is 10.0. The first-order valence-corrected chi connectivity index (χ1v) is 9.80. The molecule has 3 unspecified atom stereocenters. The molecule has 0 spiro atoms. The van der Waals surface area contributed by atoms with Gasteiger partial charge in [-0.2, -0.15) is 0 Å². The summed E-state index contributed by atoms with van der Waals surface area (Å²) in [5.41, 5.74) is 1.68. The molecule has 6 nitrogen and oxygen atoms in total. The van der Waals surface area contributed by atoms with E-state index in [0.29, 0.717) is 12.2 Å². The van der Waals surface area contributed by atoms with E-state index in [4.69, 9.17) is 18.9 Å². The molecule has 0 amide bonds. The topological polar surface area (TPSA) is 71.1 Å². The van der Waals surface area contributed by atoms with Gasteiger partial charge in [0, 0.05) is 0 Å². The molecule has 2 aliphatic rings. The van der Waals surface area contributed by atoms with Gasteiger partial charge in [0.15, 0.2) is 0 Å². The summed E-state index contributed by atoms with van der Waals surface area (Å²) in [5, 5.41) is 0. The zero-order valence-electron chi connectivity index (χ0n) is 16.3. The van der Waals surface area contributed by atoms with Crippen LogP contribution in [-0.2, 0) is 41.8 Å². The van der Waals surface area contributed by atoms with E-state index < -0.39 is 30.3 Å². The first kappa shape index (κ1) is 19.9. The molecule has 3 atom stereocenters. The average Bonchev–Trinajstić information content (AvgIpc) is 2.81. The molecular formula is C24H22O6. The monoisotopic (exact) mass is 406 g/mol. The van der Waals surface area contributed by atoms with E-state index in [1.54, 1.807) is 6.08 Å². The van der Waals surface area contributed by atoms with Gasteiger partial charge in [0.1, 0.15) is 25.1 Å². The standard InChI is InChI=1S/C24H22O6/c25-23(27-15-17-9-3-1-4-10-17)21-22(30-20-14-8-7-13-19(20)29-21)24(26)28-16-18-11-5-2-6-12-18/h1-13,20-22H,14-16H2. The molecule has 0 bridgehead atoms. The van der Waals surface area contributed by atoms with Crippen molar-refractivity contribution in [1.82, 2.24) is 0 Å². The second-order valence-electron chi connectivity index (χ2n) is 7.00. The maximum absolute atomic E-state index is 12.8. The minimum atomic E-state index is -1.23. The fourth-order valence-corrected chi connectivity index (χ4v) is 3.26. The number of fused-ring (bicyclic) bond motifs is 1. The lowest BCUT2D eigenvalue weighted by molar-refractivity contribution is -0.201. The third-order valence-corrected chi connectivity index (χ3v) is 4.83. The largest absolute Gasteiger partial charge is 0.477 e. The van der Waals surface area contributed by atoms with Gasteiger partial charge < -0.3 is 18.9 Å². The molecule has 0 radical (unpaired) electrons. The number of carbonyl (C=O) groups is 2. The molecule has 2 aromatic rings. The van der Waals surface area contributed by atoms with Crippen LogP contribution in [0.4, 0.5) is 0 Å². The van der Waals surface area contributed by atoms with Crippen LogP contribution in [0.15, 0.2) is 84.7 Å². The van der Waals surface area contributed by atoms with E-state index in [0.717, 1.165) is 11.1 Å². The van der Waals surface area contributed by atoms with Crippen molar-refractivity contribution >= 4 is 11.9 Å². The van der Waals surface area contributed by atoms with Crippen molar-refractivity contribution < 1.29 is 28.5 Å². The fourth-order valence-electron chi connectivity index (χ4n) is 3.26. The molecule has 2 aromatic carbocycles. The third kappa shape index (κ3) is 4.78. The number of hydrogen-bond acceptors (Lipinski definition) is 6. The zero-order chi connectivity index (χ0) is 20.8. The van der Waals surface area contributed by atoms with Gasteiger partial charge in [-0.05, 0) is 23.6 Å². The van der Waals surface area contributed by atoms with Crippen LogP contribution in [0.25, 0.3) is 0 Å². The van der Waals surface area contributed by atoms with Crippen molar-refractivity contribution in [1.29, 1.82) is 0 Å². The summed E-state index contributed by atoms with van der Waals surface area (Å²) in [7, 11) is 0. The Balaban J connectivity index is 1.45. The first-order chi connectivity index (χ1) is 14.7. The highest BCUT2D eigenvalue weighted by Gasteiger charge is 2.46. The van der Waals surface area contributed by atoms with Gasteiger partial charge >= 0.3 is 11.9 Å². The van der Waals surface area contributed by atoms with Crippen LogP contribution >= 0.6 is 0 Å². The van der Waals surface area contributed by atoms with Gasteiger partial charge in [-0.3, -0.25) is 0 Å². The number of ether oxygens (including phenoxy) is 4. The predicted octanol–water partition coefficient (Wildman–Crippen LogP) is 3.47. The van der Waals surface area contributed by atoms with Crippen LogP contribution in [0.2, 0.25) is 0 Å². The van der Waals surface area contributed by atoms with Gasteiger partial charge in [0.05, 0.1) is 0 Å². The van der Waals surface area contributed by atoms with Crippen molar-refractivity contribution in [3.05, 3.63) is 95.8 Å². The molecule has 4 rings (SSSR count). The Labute approximate surface area is 174 Å². The van der Waals surface area contributed by atoms with Crippen LogP contribution in [-0.4, -0.2) is 30.3 Å². The molecule has 0 saturated carbocycles. The molecule has 1 saturated heterocycles. The Morgan fingerprint density at radius 1 is 0.833 bits per heavy atom. The highest BCUT2D eigenvalue weighted by Crippen LogP contribution is 2.30. The SMILES string of the molecule is O=C(OCc1ccccc1)C1OC2=CC=CCC2OC1C(=O)OCc1ccccc1. The van der Waals surface area contributed by atoms with Gasteiger partial charge in [-0.25, -0.2) is 9.59 Å². The van der Waals surface area contributed by atoms with E-state index in [9.17, 15) is 9.59 Å². The summed E-state index contributed by atoms with van der Waals surface area (Å²) < 4.78 is 22.5. The lowest BCUT2D eigenvalue weighted by Crippen LogP contribution is -2.51. The molecular weight excluding hydrogens is 384 g/mol. The summed E-state index contributed by atoms with van der Waals surface area (Å²) >= 11 is 0. The molecule has 0 N–H and O–H groups in total. The zero-order valence-corrected chi connectivity index (χ0v) is 16.3. The fraction of sp³-hybridized carbons (Fsp3) is 0.250. The quantitative estimate of drug-likeness (QED) is 0.684. The third-order valence-electron chi connectivity index (χ3n) is 4.83. The molecule has 0 aromatic heterocycles. The van der Waals surface area contributed by atoms with E-state index in [1.165, 1.54) is 0 Å². The van der Waals surface area contributed by atoms with E-state index in [1.807, 2.05) is 72.8 Å². The Bertz CT molecular complexity index is 935. The van der Waals surface area contributed by atoms with Crippen molar-refractivity contribution in [2.45, 2.75) is 37.9 Å². The highest BCUT2D eigenvalue weighted by atomic mass is 16.6. The molecule has 1 aliphatic heterocycles. The summed E-state index contributed by atoms with van der Waals surface area (Å²) in [6.07, 6.45) is 3.17. The lowest BCUT2D eigenvalue weighted by Gasteiger charge is -2.36. The van der Waals surface area contributed by atoms with Crippen molar-refractivity contribution in [3.8, 4) is 0 Å². The Kier molecular flexibility index (Phi) is 6.25. The maximum Gasteiger partial charge on any atom is 0.351 e. The van der Waals surface area contributed by atoms with Crippen LogP contribution < -0.4 is 0 Å². The highest BCUT2D eigenvalue weighted by molar-refractivity contribution is 5.86. The van der Waals surface area contributed by atoms with Gasteiger partial charge in [0.2, 0.25) is 12.2 Å².